The minimum atomic E-state index is -0.288. The zero-order valence-corrected chi connectivity index (χ0v) is 12.2. The van der Waals surface area contributed by atoms with E-state index in [1.807, 2.05) is 0 Å². The highest BCUT2D eigenvalue weighted by atomic mass is 32.1. The maximum Gasteiger partial charge on any atom is 0.230 e. The zero-order chi connectivity index (χ0) is 12.9. The molecule has 0 bridgehead atoms. The molecule has 0 saturated heterocycles. The van der Waals surface area contributed by atoms with Crippen LogP contribution in [0.5, 0.6) is 0 Å². The molecule has 0 heterocycles. The van der Waals surface area contributed by atoms with E-state index in [9.17, 15) is 4.79 Å². The maximum atomic E-state index is 10.7. The molecule has 17 heavy (non-hydrogen) atoms. The molecule has 0 aromatic rings. The molecule has 0 aromatic carbocycles. The lowest BCUT2D eigenvalue weighted by molar-refractivity contribution is -0.117. The molecular weight excluding hydrogens is 230 g/mol. The summed E-state index contributed by atoms with van der Waals surface area (Å²) in [6.07, 6.45) is 14.0. The Morgan fingerprint density at radius 1 is 0.941 bits per heavy atom. The first-order chi connectivity index (χ1) is 8.18. The predicted octanol–water partition coefficient (Wildman–Crippen LogP) is 4.08. The van der Waals surface area contributed by atoms with Gasteiger partial charge in [0.2, 0.25) is 5.91 Å². The van der Waals surface area contributed by atoms with E-state index in [0.29, 0.717) is 0 Å². The van der Waals surface area contributed by atoms with Crippen molar-refractivity contribution in [2.45, 2.75) is 82.8 Å². The van der Waals surface area contributed by atoms with Crippen LogP contribution < -0.4 is 5.73 Å². The van der Waals surface area contributed by atoms with Crippen LogP contribution in [0.15, 0.2) is 0 Å². The number of thiol groups is 1. The van der Waals surface area contributed by atoms with E-state index in [4.69, 9.17) is 5.73 Å². The standard InChI is InChI=1S/C14H29NOS/c1-2-3-4-5-6-7-8-9-10-11-12-13(17)14(15)16/h13,17H,2-12H2,1H3,(H2,15,16). The lowest BCUT2D eigenvalue weighted by Crippen LogP contribution is -2.23. The highest BCUT2D eigenvalue weighted by molar-refractivity contribution is 7.81. The van der Waals surface area contributed by atoms with Crippen LogP contribution in [0.4, 0.5) is 0 Å². The van der Waals surface area contributed by atoms with Gasteiger partial charge in [-0.25, -0.2) is 0 Å². The molecule has 2 nitrogen and oxygen atoms in total. The third kappa shape index (κ3) is 12.1. The van der Waals surface area contributed by atoms with Crippen molar-refractivity contribution in [1.29, 1.82) is 0 Å². The molecule has 0 aliphatic heterocycles. The summed E-state index contributed by atoms with van der Waals surface area (Å²) in [7, 11) is 0. The fourth-order valence-electron chi connectivity index (χ4n) is 1.97. The van der Waals surface area contributed by atoms with Crippen molar-refractivity contribution < 1.29 is 4.79 Å². The number of rotatable bonds is 12. The lowest BCUT2D eigenvalue weighted by Gasteiger charge is -2.05. The van der Waals surface area contributed by atoms with Gasteiger partial charge in [-0.15, -0.1) is 0 Å². The highest BCUT2D eigenvalue weighted by Gasteiger charge is 2.07. The Labute approximate surface area is 112 Å². The summed E-state index contributed by atoms with van der Waals surface area (Å²) in [5.41, 5.74) is 5.14. The van der Waals surface area contributed by atoms with E-state index in [1.54, 1.807) is 0 Å². The number of primary amides is 1. The van der Waals surface area contributed by atoms with E-state index < -0.39 is 0 Å². The third-order valence-electron chi connectivity index (χ3n) is 3.16. The first-order valence-corrected chi connectivity index (χ1v) is 7.67. The van der Waals surface area contributed by atoms with Crippen LogP contribution in [-0.4, -0.2) is 11.2 Å². The molecule has 0 aromatic heterocycles. The van der Waals surface area contributed by atoms with E-state index in [0.717, 1.165) is 12.8 Å². The molecule has 3 heteroatoms. The van der Waals surface area contributed by atoms with Crippen molar-refractivity contribution in [1.82, 2.24) is 0 Å². The maximum absolute atomic E-state index is 10.7. The van der Waals surface area contributed by atoms with Gasteiger partial charge in [-0.2, -0.15) is 12.6 Å². The third-order valence-corrected chi connectivity index (χ3v) is 3.67. The SMILES string of the molecule is CCCCCCCCCCCCC(S)C(N)=O. The van der Waals surface area contributed by atoms with Gasteiger partial charge in [-0.3, -0.25) is 4.79 Å². The van der Waals surface area contributed by atoms with E-state index in [2.05, 4.69) is 19.6 Å². The van der Waals surface area contributed by atoms with Crippen molar-refractivity contribution in [2.24, 2.45) is 5.73 Å². The van der Waals surface area contributed by atoms with E-state index >= 15 is 0 Å². The van der Waals surface area contributed by atoms with Gasteiger partial charge < -0.3 is 5.73 Å². The summed E-state index contributed by atoms with van der Waals surface area (Å²) in [6, 6.07) is 0. The molecule has 1 amide bonds. The Morgan fingerprint density at radius 2 is 1.35 bits per heavy atom. The summed E-state index contributed by atoms with van der Waals surface area (Å²) in [5, 5.41) is -0.246. The largest absolute Gasteiger partial charge is 0.369 e. The van der Waals surface area contributed by atoms with Crippen molar-refractivity contribution >= 4 is 18.5 Å². The number of hydrogen-bond acceptors (Lipinski definition) is 2. The van der Waals surface area contributed by atoms with Crippen LogP contribution in [0.2, 0.25) is 0 Å². The van der Waals surface area contributed by atoms with Crippen LogP contribution >= 0.6 is 12.6 Å². The first kappa shape index (κ1) is 16.8. The van der Waals surface area contributed by atoms with Gasteiger partial charge in [-0.05, 0) is 6.42 Å². The van der Waals surface area contributed by atoms with Gasteiger partial charge in [0, 0.05) is 0 Å². The molecular formula is C14H29NOS. The number of unbranched alkanes of at least 4 members (excludes halogenated alkanes) is 9. The molecule has 0 aliphatic rings. The van der Waals surface area contributed by atoms with Crippen molar-refractivity contribution in [2.75, 3.05) is 0 Å². The second kappa shape index (κ2) is 12.3. The Kier molecular flexibility index (Phi) is 12.2. The lowest BCUT2D eigenvalue weighted by atomic mass is 10.1. The first-order valence-electron chi connectivity index (χ1n) is 7.16. The molecule has 102 valence electrons. The average Bonchev–Trinajstić information content (AvgIpc) is 2.31. The van der Waals surface area contributed by atoms with Gasteiger partial charge in [-0.1, -0.05) is 71.1 Å². The number of hydrogen-bond donors (Lipinski definition) is 2. The second-order valence-electron chi connectivity index (χ2n) is 4.89. The molecule has 0 radical (unpaired) electrons. The van der Waals surface area contributed by atoms with E-state index in [-0.39, 0.29) is 11.2 Å². The summed E-state index contributed by atoms with van der Waals surface area (Å²) in [6.45, 7) is 2.25. The fraction of sp³-hybridized carbons (Fsp3) is 0.929. The summed E-state index contributed by atoms with van der Waals surface area (Å²) in [4.78, 5) is 10.7. The Morgan fingerprint density at radius 3 is 1.76 bits per heavy atom. The van der Waals surface area contributed by atoms with Gasteiger partial charge in [0.1, 0.15) is 0 Å². The van der Waals surface area contributed by atoms with E-state index in [1.165, 1.54) is 57.8 Å². The molecule has 2 N–H and O–H groups in total. The van der Waals surface area contributed by atoms with Crippen LogP contribution in [0.25, 0.3) is 0 Å². The quantitative estimate of drug-likeness (QED) is 0.402. The van der Waals surface area contributed by atoms with Gasteiger partial charge in [0.15, 0.2) is 0 Å². The van der Waals surface area contributed by atoms with Crippen LogP contribution in [0, 0.1) is 0 Å². The van der Waals surface area contributed by atoms with Crippen molar-refractivity contribution in [3.8, 4) is 0 Å². The Hall–Kier alpha value is -0.180. The van der Waals surface area contributed by atoms with Crippen LogP contribution in [0.3, 0.4) is 0 Å². The molecule has 0 spiro atoms. The fourth-order valence-corrected chi connectivity index (χ4v) is 2.15. The molecule has 1 unspecified atom stereocenters. The Balaban J connectivity index is 3.06. The van der Waals surface area contributed by atoms with Gasteiger partial charge in [0.25, 0.3) is 0 Å². The summed E-state index contributed by atoms with van der Waals surface area (Å²) in [5.74, 6) is -0.288. The highest BCUT2D eigenvalue weighted by Crippen LogP contribution is 2.13. The molecule has 0 saturated carbocycles. The summed E-state index contributed by atoms with van der Waals surface area (Å²) >= 11 is 4.14. The summed E-state index contributed by atoms with van der Waals surface area (Å²) < 4.78 is 0. The minimum Gasteiger partial charge on any atom is -0.369 e. The Bertz CT molecular complexity index is 185. The van der Waals surface area contributed by atoms with Crippen LogP contribution in [0.1, 0.15) is 77.6 Å². The molecule has 0 rings (SSSR count). The predicted molar refractivity (Wildman–Crippen MR) is 78.4 cm³/mol. The van der Waals surface area contributed by atoms with Gasteiger partial charge >= 0.3 is 0 Å². The average molecular weight is 259 g/mol. The minimum absolute atomic E-state index is 0.246. The smallest absolute Gasteiger partial charge is 0.230 e. The topological polar surface area (TPSA) is 43.1 Å². The number of nitrogens with two attached hydrogens (primary N) is 1. The zero-order valence-electron chi connectivity index (χ0n) is 11.3. The number of amides is 1. The normalized spacial score (nSPS) is 12.6. The molecule has 0 fully saturated rings. The molecule has 0 aliphatic carbocycles. The number of carbonyl (C=O) groups excluding carboxylic acids is 1. The monoisotopic (exact) mass is 259 g/mol. The number of carbonyl (C=O) groups is 1. The van der Waals surface area contributed by atoms with Crippen molar-refractivity contribution in [3.63, 3.8) is 0 Å². The molecule has 1 atom stereocenters. The second-order valence-corrected chi connectivity index (χ2v) is 5.51. The van der Waals surface area contributed by atoms with Crippen molar-refractivity contribution in [3.05, 3.63) is 0 Å². The van der Waals surface area contributed by atoms with Gasteiger partial charge in [0.05, 0.1) is 5.25 Å². The van der Waals surface area contributed by atoms with Crippen LogP contribution in [-0.2, 0) is 4.79 Å².